The summed E-state index contributed by atoms with van der Waals surface area (Å²) in [4.78, 5) is 11.6. The molecule has 0 unspecified atom stereocenters. The molecule has 21 heavy (non-hydrogen) atoms. The summed E-state index contributed by atoms with van der Waals surface area (Å²) in [7, 11) is 0. The van der Waals surface area contributed by atoms with E-state index >= 15 is 0 Å². The molecular weight excluding hydrogens is 258 g/mol. The molecule has 0 aliphatic heterocycles. The molecule has 0 bridgehead atoms. The average molecular weight is 277 g/mol. The van der Waals surface area contributed by atoms with Crippen LogP contribution in [-0.2, 0) is 11.2 Å². The summed E-state index contributed by atoms with van der Waals surface area (Å²) in [6, 6.07) is 16.1. The second-order valence-electron chi connectivity index (χ2n) is 5.11. The van der Waals surface area contributed by atoms with E-state index in [9.17, 15) is 4.79 Å². The maximum Gasteiger partial charge on any atom is 0.296 e. The zero-order valence-corrected chi connectivity index (χ0v) is 12.4. The van der Waals surface area contributed by atoms with E-state index in [2.05, 4.69) is 48.3 Å². The highest BCUT2D eigenvalue weighted by Crippen LogP contribution is 2.03. The van der Waals surface area contributed by atoms with Crippen LogP contribution >= 0.6 is 0 Å². The summed E-state index contributed by atoms with van der Waals surface area (Å²) in [6.45, 7) is 4.69. The fraction of sp³-hybridized carbons (Fsp3) is 0.211. The molecule has 0 fully saturated rings. The van der Waals surface area contributed by atoms with Crippen molar-refractivity contribution in [2.24, 2.45) is 0 Å². The average Bonchev–Trinajstić information content (AvgIpc) is 2.49. The minimum Gasteiger partial charge on any atom is -0.345 e. The third kappa shape index (κ3) is 5.16. The molecule has 0 saturated heterocycles. The van der Waals surface area contributed by atoms with Gasteiger partial charge in [0.1, 0.15) is 0 Å². The number of rotatable bonds is 3. The first-order chi connectivity index (χ1) is 10.1. The molecule has 2 heteroatoms. The van der Waals surface area contributed by atoms with Gasteiger partial charge in [-0.25, -0.2) is 0 Å². The molecule has 0 spiro atoms. The maximum atomic E-state index is 11.6. The Labute approximate surface area is 126 Å². The lowest BCUT2D eigenvalue weighted by Gasteiger charge is -2.02. The summed E-state index contributed by atoms with van der Waals surface area (Å²) in [5.74, 6) is 5.25. The second kappa shape index (κ2) is 7.31. The predicted molar refractivity (Wildman–Crippen MR) is 85.9 cm³/mol. The Morgan fingerprint density at radius 3 is 2.14 bits per heavy atom. The number of carbonyl (C=O) groups is 1. The molecule has 2 aromatic carbocycles. The van der Waals surface area contributed by atoms with E-state index in [0.717, 1.165) is 12.0 Å². The van der Waals surface area contributed by atoms with Crippen LogP contribution in [0.25, 0.3) is 0 Å². The number of hydrogen-bond donors (Lipinski definition) is 1. The zero-order valence-electron chi connectivity index (χ0n) is 12.4. The summed E-state index contributed by atoms with van der Waals surface area (Å²) in [6.07, 6.45) is 0.818. The van der Waals surface area contributed by atoms with Gasteiger partial charge in [0.05, 0.1) is 0 Å². The normalized spacial score (nSPS) is 9.62. The van der Waals surface area contributed by atoms with Gasteiger partial charge in [-0.2, -0.15) is 0 Å². The SMILES string of the molecule is Cc1ccc(C#CC(=O)NCCc2ccc(C)cc2)cc1. The van der Waals surface area contributed by atoms with E-state index < -0.39 is 0 Å². The number of aryl methyl sites for hydroxylation is 2. The van der Waals surface area contributed by atoms with Crippen molar-refractivity contribution >= 4 is 5.91 Å². The van der Waals surface area contributed by atoms with Crippen LogP contribution in [-0.4, -0.2) is 12.5 Å². The summed E-state index contributed by atoms with van der Waals surface area (Å²) < 4.78 is 0. The van der Waals surface area contributed by atoms with Crippen molar-refractivity contribution < 1.29 is 4.79 Å². The van der Waals surface area contributed by atoms with Crippen LogP contribution in [0.4, 0.5) is 0 Å². The van der Waals surface area contributed by atoms with Crippen LogP contribution in [0.5, 0.6) is 0 Å². The third-order valence-electron chi connectivity index (χ3n) is 3.19. The largest absolute Gasteiger partial charge is 0.345 e. The summed E-state index contributed by atoms with van der Waals surface area (Å²) in [5, 5.41) is 2.81. The third-order valence-corrected chi connectivity index (χ3v) is 3.19. The standard InChI is InChI=1S/C19H19NO/c1-15-3-7-17(8-4-15)11-12-19(21)20-14-13-18-9-5-16(2)6-10-18/h3-10H,13-14H2,1-2H3,(H,20,21). The smallest absolute Gasteiger partial charge is 0.296 e. The molecule has 2 rings (SSSR count). The van der Waals surface area contributed by atoms with Gasteiger partial charge in [0.15, 0.2) is 0 Å². The van der Waals surface area contributed by atoms with Crippen LogP contribution in [0.3, 0.4) is 0 Å². The number of benzene rings is 2. The second-order valence-corrected chi connectivity index (χ2v) is 5.11. The van der Waals surface area contributed by atoms with Gasteiger partial charge in [0.2, 0.25) is 0 Å². The molecule has 1 amide bonds. The van der Waals surface area contributed by atoms with Gasteiger partial charge >= 0.3 is 0 Å². The van der Waals surface area contributed by atoms with Gasteiger partial charge < -0.3 is 5.32 Å². The fourth-order valence-corrected chi connectivity index (χ4v) is 1.89. The van der Waals surface area contributed by atoms with E-state index in [-0.39, 0.29) is 5.91 Å². The Morgan fingerprint density at radius 2 is 1.52 bits per heavy atom. The molecule has 0 radical (unpaired) electrons. The molecular formula is C19H19NO. The van der Waals surface area contributed by atoms with Crippen LogP contribution in [0.15, 0.2) is 48.5 Å². The van der Waals surface area contributed by atoms with Crippen molar-refractivity contribution in [2.75, 3.05) is 6.54 Å². The first kappa shape index (κ1) is 14.9. The Balaban J connectivity index is 1.80. The highest BCUT2D eigenvalue weighted by molar-refractivity contribution is 5.94. The molecule has 0 aromatic heterocycles. The van der Waals surface area contributed by atoms with Crippen molar-refractivity contribution in [3.63, 3.8) is 0 Å². The van der Waals surface area contributed by atoms with Crippen molar-refractivity contribution in [2.45, 2.75) is 20.3 Å². The molecule has 0 saturated carbocycles. The van der Waals surface area contributed by atoms with Gasteiger partial charge in [-0.15, -0.1) is 0 Å². The van der Waals surface area contributed by atoms with Gasteiger partial charge in [0.25, 0.3) is 5.91 Å². The molecule has 2 aromatic rings. The van der Waals surface area contributed by atoms with Gasteiger partial charge in [-0.1, -0.05) is 53.4 Å². The maximum absolute atomic E-state index is 11.6. The summed E-state index contributed by atoms with van der Waals surface area (Å²) >= 11 is 0. The van der Waals surface area contributed by atoms with E-state index in [4.69, 9.17) is 0 Å². The van der Waals surface area contributed by atoms with Gasteiger partial charge in [-0.05, 0) is 38.0 Å². The van der Waals surface area contributed by atoms with Crippen molar-refractivity contribution in [3.8, 4) is 11.8 Å². The van der Waals surface area contributed by atoms with Gasteiger partial charge in [-0.3, -0.25) is 4.79 Å². The van der Waals surface area contributed by atoms with Crippen molar-refractivity contribution in [1.82, 2.24) is 5.32 Å². The molecule has 1 N–H and O–H groups in total. The van der Waals surface area contributed by atoms with Crippen LogP contribution < -0.4 is 5.32 Å². The van der Waals surface area contributed by atoms with Crippen LogP contribution in [0.1, 0.15) is 22.3 Å². The monoisotopic (exact) mass is 277 g/mol. The number of hydrogen-bond acceptors (Lipinski definition) is 1. The van der Waals surface area contributed by atoms with E-state index in [1.807, 2.05) is 31.2 Å². The van der Waals surface area contributed by atoms with Crippen LogP contribution in [0.2, 0.25) is 0 Å². The topological polar surface area (TPSA) is 29.1 Å². The van der Waals surface area contributed by atoms with E-state index in [1.54, 1.807) is 0 Å². The lowest BCUT2D eigenvalue weighted by molar-refractivity contribution is -0.115. The van der Waals surface area contributed by atoms with Crippen molar-refractivity contribution in [3.05, 3.63) is 70.8 Å². The molecule has 0 aliphatic rings. The Morgan fingerprint density at radius 1 is 0.952 bits per heavy atom. The number of amides is 1. The van der Waals surface area contributed by atoms with Crippen molar-refractivity contribution in [1.29, 1.82) is 0 Å². The Bertz CT molecular complexity index is 657. The number of nitrogens with one attached hydrogen (secondary N) is 1. The van der Waals surface area contributed by atoms with E-state index in [0.29, 0.717) is 6.54 Å². The highest BCUT2D eigenvalue weighted by Gasteiger charge is 1.96. The molecule has 0 atom stereocenters. The predicted octanol–water partition coefficient (Wildman–Crippen LogP) is 3.01. The fourth-order valence-electron chi connectivity index (χ4n) is 1.89. The molecule has 0 aliphatic carbocycles. The first-order valence-corrected chi connectivity index (χ1v) is 7.05. The van der Waals surface area contributed by atoms with Gasteiger partial charge in [0, 0.05) is 18.0 Å². The lowest BCUT2D eigenvalue weighted by atomic mass is 10.1. The highest BCUT2D eigenvalue weighted by atomic mass is 16.1. The lowest BCUT2D eigenvalue weighted by Crippen LogP contribution is -2.23. The molecule has 106 valence electrons. The Hall–Kier alpha value is -2.53. The Kier molecular flexibility index (Phi) is 5.17. The molecule has 2 nitrogen and oxygen atoms in total. The summed E-state index contributed by atoms with van der Waals surface area (Å²) in [5.41, 5.74) is 4.50. The number of carbonyl (C=O) groups excluding carboxylic acids is 1. The van der Waals surface area contributed by atoms with E-state index in [1.165, 1.54) is 16.7 Å². The molecule has 0 heterocycles. The minimum absolute atomic E-state index is 0.234. The minimum atomic E-state index is -0.234. The zero-order chi connectivity index (χ0) is 15.1. The quantitative estimate of drug-likeness (QED) is 0.859. The van der Waals surface area contributed by atoms with Crippen LogP contribution in [0, 0.1) is 25.7 Å². The first-order valence-electron chi connectivity index (χ1n) is 7.05.